The molecule has 0 saturated carbocycles. The van der Waals surface area contributed by atoms with E-state index in [1.165, 1.54) is 44.6 Å². The number of esters is 1. The number of nitrogens with zero attached hydrogens (tertiary/aromatic N) is 2. The van der Waals surface area contributed by atoms with Gasteiger partial charge in [-0.15, -0.1) is 0 Å². The maximum Gasteiger partial charge on any atom is 0.342 e. The lowest BCUT2D eigenvalue weighted by Gasteiger charge is -2.13. The number of benzene rings is 1. The number of aromatic nitrogens is 2. The van der Waals surface area contributed by atoms with Gasteiger partial charge in [-0.3, -0.25) is 10.1 Å². The van der Waals surface area contributed by atoms with Gasteiger partial charge in [0.15, 0.2) is 6.10 Å². The number of phenols is 1. The molecule has 23 heavy (non-hydrogen) atoms. The maximum atomic E-state index is 12.1. The predicted octanol–water partition coefficient (Wildman–Crippen LogP) is 1.37. The topological polar surface area (TPSA) is 111 Å². The first-order valence-corrected chi connectivity index (χ1v) is 6.67. The summed E-state index contributed by atoms with van der Waals surface area (Å²) in [5, 5.41) is 12.1. The molecule has 1 amide bonds. The molecule has 8 nitrogen and oxygen atoms in total. The number of aromatic hydroxyl groups is 1. The first-order chi connectivity index (χ1) is 11.0. The van der Waals surface area contributed by atoms with Crippen LogP contribution in [0.2, 0.25) is 0 Å². The summed E-state index contributed by atoms with van der Waals surface area (Å²) < 4.78 is 10.0. The molecule has 0 unspecified atom stereocenters. The van der Waals surface area contributed by atoms with Crippen molar-refractivity contribution in [2.75, 3.05) is 12.4 Å². The van der Waals surface area contributed by atoms with Crippen molar-refractivity contribution in [1.29, 1.82) is 0 Å². The lowest BCUT2D eigenvalue weighted by molar-refractivity contribution is -0.123. The molecule has 1 heterocycles. The molecule has 0 bridgehead atoms. The lowest BCUT2D eigenvalue weighted by atomic mass is 10.2. The number of anilines is 1. The second kappa shape index (κ2) is 7.21. The van der Waals surface area contributed by atoms with Crippen LogP contribution in [0, 0.1) is 0 Å². The average molecular weight is 317 g/mol. The highest BCUT2D eigenvalue weighted by molar-refractivity contribution is 5.97. The Kier molecular flexibility index (Phi) is 5.08. The van der Waals surface area contributed by atoms with Crippen LogP contribution < -0.4 is 10.1 Å². The Morgan fingerprint density at radius 2 is 1.96 bits per heavy atom. The van der Waals surface area contributed by atoms with Gasteiger partial charge in [-0.25, -0.2) is 14.8 Å². The fourth-order valence-corrected chi connectivity index (χ4v) is 1.66. The number of rotatable bonds is 5. The minimum absolute atomic E-state index is 0.0973. The Bertz CT molecular complexity index is 706. The van der Waals surface area contributed by atoms with Gasteiger partial charge in [0, 0.05) is 12.4 Å². The van der Waals surface area contributed by atoms with E-state index >= 15 is 0 Å². The highest BCUT2D eigenvalue weighted by atomic mass is 16.5. The van der Waals surface area contributed by atoms with Crippen LogP contribution in [0.5, 0.6) is 11.5 Å². The molecule has 0 aliphatic rings. The van der Waals surface area contributed by atoms with Crippen molar-refractivity contribution in [3.63, 3.8) is 0 Å². The Morgan fingerprint density at radius 3 is 2.61 bits per heavy atom. The van der Waals surface area contributed by atoms with Crippen LogP contribution in [-0.4, -0.2) is 40.2 Å². The number of amides is 1. The van der Waals surface area contributed by atoms with E-state index in [-0.39, 0.29) is 17.3 Å². The third kappa shape index (κ3) is 4.16. The standard InChI is InChI=1S/C15H15N3O5/c1-9(13(20)18-15-16-6-3-7-17-15)23-14(21)11-8-10(22-2)4-5-12(11)19/h3-9,19H,1-2H3,(H,16,17,18,20)/t9-/m0/s1. The molecule has 2 N–H and O–H groups in total. The summed E-state index contributed by atoms with van der Waals surface area (Å²) in [4.78, 5) is 31.7. The molecule has 0 radical (unpaired) electrons. The average Bonchev–Trinajstić information content (AvgIpc) is 2.56. The van der Waals surface area contributed by atoms with Crippen LogP contribution in [0.1, 0.15) is 17.3 Å². The van der Waals surface area contributed by atoms with Crippen LogP contribution in [0.4, 0.5) is 5.95 Å². The molecule has 1 atom stereocenters. The first-order valence-electron chi connectivity index (χ1n) is 6.67. The maximum absolute atomic E-state index is 12.1. The molecule has 1 aromatic carbocycles. The van der Waals surface area contributed by atoms with Crippen LogP contribution in [0.25, 0.3) is 0 Å². The second-order valence-electron chi connectivity index (χ2n) is 4.49. The molecular formula is C15H15N3O5. The van der Waals surface area contributed by atoms with Crippen LogP contribution in [-0.2, 0) is 9.53 Å². The summed E-state index contributed by atoms with van der Waals surface area (Å²) in [5.74, 6) is -1.23. The quantitative estimate of drug-likeness (QED) is 0.801. The van der Waals surface area contributed by atoms with Gasteiger partial charge in [-0.05, 0) is 31.2 Å². The van der Waals surface area contributed by atoms with Crippen molar-refractivity contribution >= 4 is 17.8 Å². The van der Waals surface area contributed by atoms with E-state index in [1.54, 1.807) is 6.07 Å². The molecule has 8 heteroatoms. The van der Waals surface area contributed by atoms with Crippen LogP contribution in [0.15, 0.2) is 36.7 Å². The Balaban J connectivity index is 2.03. The van der Waals surface area contributed by atoms with Gasteiger partial charge in [-0.1, -0.05) is 0 Å². The van der Waals surface area contributed by atoms with E-state index in [0.717, 1.165) is 0 Å². The number of carbonyl (C=O) groups is 2. The predicted molar refractivity (Wildman–Crippen MR) is 80.2 cm³/mol. The van der Waals surface area contributed by atoms with Crippen molar-refractivity contribution in [3.05, 3.63) is 42.2 Å². The summed E-state index contributed by atoms with van der Waals surface area (Å²) in [6, 6.07) is 5.72. The zero-order valence-corrected chi connectivity index (χ0v) is 12.5. The largest absolute Gasteiger partial charge is 0.507 e. The van der Waals surface area contributed by atoms with E-state index in [0.29, 0.717) is 5.75 Å². The van der Waals surface area contributed by atoms with Crippen LogP contribution >= 0.6 is 0 Å². The smallest absolute Gasteiger partial charge is 0.342 e. The van der Waals surface area contributed by atoms with Crippen molar-refractivity contribution in [3.8, 4) is 11.5 Å². The zero-order chi connectivity index (χ0) is 16.8. The van der Waals surface area contributed by atoms with Gasteiger partial charge in [0.2, 0.25) is 5.95 Å². The third-order valence-corrected chi connectivity index (χ3v) is 2.88. The lowest BCUT2D eigenvalue weighted by Crippen LogP contribution is -2.30. The van der Waals surface area contributed by atoms with Gasteiger partial charge < -0.3 is 14.6 Å². The molecule has 120 valence electrons. The van der Waals surface area contributed by atoms with Crippen molar-refractivity contribution in [2.45, 2.75) is 13.0 Å². The minimum Gasteiger partial charge on any atom is -0.507 e. The highest BCUT2D eigenvalue weighted by Crippen LogP contribution is 2.24. The fourth-order valence-electron chi connectivity index (χ4n) is 1.66. The van der Waals surface area contributed by atoms with Crippen molar-refractivity contribution in [2.24, 2.45) is 0 Å². The number of methoxy groups -OCH3 is 1. The van der Waals surface area contributed by atoms with Crippen molar-refractivity contribution in [1.82, 2.24) is 9.97 Å². The van der Waals surface area contributed by atoms with E-state index in [9.17, 15) is 14.7 Å². The fraction of sp³-hybridized carbons (Fsp3) is 0.200. The molecule has 0 spiro atoms. The molecule has 2 rings (SSSR count). The summed E-state index contributed by atoms with van der Waals surface area (Å²) >= 11 is 0. The molecule has 0 fully saturated rings. The van der Waals surface area contributed by atoms with E-state index < -0.39 is 18.0 Å². The highest BCUT2D eigenvalue weighted by Gasteiger charge is 2.22. The molecular weight excluding hydrogens is 302 g/mol. The molecule has 0 aliphatic carbocycles. The number of ether oxygens (including phenoxy) is 2. The number of hydrogen-bond donors (Lipinski definition) is 2. The summed E-state index contributed by atoms with van der Waals surface area (Å²) in [6.07, 6.45) is 1.83. The molecule has 0 saturated heterocycles. The summed E-state index contributed by atoms with van der Waals surface area (Å²) in [6.45, 7) is 1.40. The van der Waals surface area contributed by atoms with E-state index in [4.69, 9.17) is 9.47 Å². The second-order valence-corrected chi connectivity index (χ2v) is 4.49. The molecule has 1 aromatic heterocycles. The van der Waals surface area contributed by atoms with Gasteiger partial charge in [-0.2, -0.15) is 0 Å². The summed E-state index contributed by atoms with van der Waals surface area (Å²) in [5.41, 5.74) is -0.0973. The van der Waals surface area contributed by atoms with Gasteiger partial charge in [0.05, 0.1) is 7.11 Å². The number of phenolic OH excluding ortho intramolecular Hbond substituents is 1. The molecule has 2 aromatic rings. The Hall–Kier alpha value is -3.16. The molecule has 0 aliphatic heterocycles. The third-order valence-electron chi connectivity index (χ3n) is 2.88. The van der Waals surface area contributed by atoms with Gasteiger partial charge in [0.25, 0.3) is 5.91 Å². The first kappa shape index (κ1) is 16.2. The number of carbonyl (C=O) groups excluding carboxylic acids is 2. The zero-order valence-electron chi connectivity index (χ0n) is 12.5. The number of nitrogens with one attached hydrogen (secondary N) is 1. The Labute approximate surface area is 132 Å². The monoisotopic (exact) mass is 317 g/mol. The van der Waals surface area contributed by atoms with Crippen LogP contribution in [0.3, 0.4) is 0 Å². The number of hydrogen-bond acceptors (Lipinski definition) is 7. The normalized spacial score (nSPS) is 11.4. The van der Waals surface area contributed by atoms with Gasteiger partial charge >= 0.3 is 5.97 Å². The van der Waals surface area contributed by atoms with E-state index in [1.807, 2.05) is 0 Å². The SMILES string of the molecule is COc1ccc(O)c(C(=O)O[C@@H](C)C(=O)Nc2ncccn2)c1. The van der Waals surface area contributed by atoms with E-state index in [2.05, 4.69) is 15.3 Å². The van der Waals surface area contributed by atoms with Gasteiger partial charge in [0.1, 0.15) is 17.1 Å². The summed E-state index contributed by atoms with van der Waals surface area (Å²) in [7, 11) is 1.43. The Morgan fingerprint density at radius 1 is 1.26 bits per heavy atom. The van der Waals surface area contributed by atoms with Crippen molar-refractivity contribution < 1.29 is 24.2 Å². The minimum atomic E-state index is -1.10.